The first-order valence-electron chi connectivity index (χ1n) is 5.65. The number of nitriles is 1. The Hall–Kier alpha value is -2.85. The zero-order chi connectivity index (χ0) is 15.6. The molecule has 1 heterocycles. The van der Waals surface area contributed by atoms with Crippen molar-refractivity contribution in [2.75, 3.05) is 7.11 Å². The Kier molecular flexibility index (Phi) is 3.91. The van der Waals surface area contributed by atoms with Crippen molar-refractivity contribution >= 4 is 23.5 Å². The van der Waals surface area contributed by atoms with Gasteiger partial charge in [-0.1, -0.05) is 11.6 Å². The minimum absolute atomic E-state index is 0.0204. The highest BCUT2D eigenvalue weighted by molar-refractivity contribution is 6.31. The predicted molar refractivity (Wildman–Crippen MR) is 73.1 cm³/mol. The Morgan fingerprint density at radius 1 is 1.48 bits per heavy atom. The maximum absolute atomic E-state index is 11.7. The quantitative estimate of drug-likeness (QED) is 0.859. The molecule has 1 amide bonds. The lowest BCUT2D eigenvalue weighted by Crippen LogP contribution is -2.20. The summed E-state index contributed by atoms with van der Waals surface area (Å²) in [5.41, 5.74) is 5.89. The highest BCUT2D eigenvalue weighted by atomic mass is 35.5. The average molecular weight is 305 g/mol. The molecule has 2 aromatic rings. The van der Waals surface area contributed by atoms with Crippen molar-refractivity contribution in [3.05, 3.63) is 46.5 Å². The van der Waals surface area contributed by atoms with Gasteiger partial charge in [0.2, 0.25) is 5.82 Å². The molecule has 0 unspecified atom stereocenters. The number of amides is 1. The molecule has 0 aliphatic carbocycles. The number of esters is 1. The van der Waals surface area contributed by atoms with E-state index in [1.165, 1.54) is 36.1 Å². The number of primary amides is 1. The van der Waals surface area contributed by atoms with Gasteiger partial charge in [-0.25, -0.2) is 9.78 Å². The number of hydrogen-bond acceptors (Lipinski definition) is 5. The Labute approximate surface area is 124 Å². The van der Waals surface area contributed by atoms with Gasteiger partial charge in [0.05, 0.1) is 23.9 Å². The molecule has 8 heteroatoms. The Morgan fingerprint density at radius 3 is 2.71 bits per heavy atom. The summed E-state index contributed by atoms with van der Waals surface area (Å²) in [6.07, 6.45) is 1.18. The smallest absolute Gasteiger partial charge is 0.356 e. The van der Waals surface area contributed by atoms with Crippen molar-refractivity contribution in [1.82, 2.24) is 9.55 Å². The molecule has 7 nitrogen and oxygen atoms in total. The van der Waals surface area contributed by atoms with Crippen LogP contribution in [0.15, 0.2) is 24.4 Å². The summed E-state index contributed by atoms with van der Waals surface area (Å²) in [5, 5.41) is 9.04. The molecule has 0 aliphatic heterocycles. The lowest BCUT2D eigenvalue weighted by atomic mass is 10.2. The molecule has 1 aromatic carbocycles. The van der Waals surface area contributed by atoms with Crippen LogP contribution in [-0.2, 0) is 4.74 Å². The maximum atomic E-state index is 11.7. The molecule has 106 valence electrons. The summed E-state index contributed by atoms with van der Waals surface area (Å²) in [6, 6.07) is 6.33. The third kappa shape index (κ3) is 2.57. The van der Waals surface area contributed by atoms with Gasteiger partial charge in [0.25, 0.3) is 5.91 Å². The van der Waals surface area contributed by atoms with E-state index in [1.807, 2.05) is 6.07 Å². The van der Waals surface area contributed by atoms with Gasteiger partial charge >= 0.3 is 5.97 Å². The number of methoxy groups -OCH3 is 1. The van der Waals surface area contributed by atoms with Crippen molar-refractivity contribution in [3.63, 3.8) is 0 Å². The number of hydrogen-bond donors (Lipinski definition) is 1. The second-order valence-electron chi connectivity index (χ2n) is 3.93. The van der Waals surface area contributed by atoms with Gasteiger partial charge in [-0.05, 0) is 18.2 Å². The van der Waals surface area contributed by atoms with Crippen LogP contribution in [-0.4, -0.2) is 28.5 Å². The summed E-state index contributed by atoms with van der Waals surface area (Å²) in [4.78, 5) is 27.0. The number of ether oxygens (including phenoxy) is 1. The maximum Gasteiger partial charge on any atom is 0.356 e. The summed E-state index contributed by atoms with van der Waals surface area (Å²) in [7, 11) is 1.20. The van der Waals surface area contributed by atoms with Crippen LogP contribution in [0.3, 0.4) is 0 Å². The second kappa shape index (κ2) is 5.64. The van der Waals surface area contributed by atoms with Crippen LogP contribution in [0.5, 0.6) is 0 Å². The Morgan fingerprint density at radius 2 is 2.19 bits per heavy atom. The number of nitrogens with zero attached hydrogens (tertiary/aromatic N) is 3. The van der Waals surface area contributed by atoms with Crippen LogP contribution in [0.1, 0.15) is 26.7 Å². The van der Waals surface area contributed by atoms with Gasteiger partial charge in [-0.2, -0.15) is 5.26 Å². The van der Waals surface area contributed by atoms with E-state index in [0.717, 1.165) is 0 Å². The number of nitrogens with two attached hydrogens (primary N) is 1. The van der Waals surface area contributed by atoms with Crippen molar-refractivity contribution in [1.29, 1.82) is 5.26 Å². The lowest BCUT2D eigenvalue weighted by molar-refractivity contribution is 0.0591. The first kappa shape index (κ1) is 14.6. The Bertz CT molecular complexity index is 776. The molecule has 2 N–H and O–H groups in total. The highest BCUT2D eigenvalue weighted by Crippen LogP contribution is 2.22. The van der Waals surface area contributed by atoms with Crippen LogP contribution in [0.4, 0.5) is 0 Å². The summed E-state index contributed by atoms with van der Waals surface area (Å²) < 4.78 is 5.85. The fourth-order valence-corrected chi connectivity index (χ4v) is 1.99. The van der Waals surface area contributed by atoms with Crippen LogP contribution < -0.4 is 5.73 Å². The summed E-state index contributed by atoms with van der Waals surface area (Å²) in [6.45, 7) is 0. The molecular formula is C13H9ClN4O3. The van der Waals surface area contributed by atoms with Gasteiger partial charge in [0, 0.05) is 5.69 Å². The molecule has 0 fully saturated rings. The number of halogens is 1. The highest BCUT2D eigenvalue weighted by Gasteiger charge is 2.21. The van der Waals surface area contributed by atoms with Crippen LogP contribution >= 0.6 is 11.6 Å². The normalized spacial score (nSPS) is 9.95. The van der Waals surface area contributed by atoms with E-state index >= 15 is 0 Å². The van der Waals surface area contributed by atoms with Crippen molar-refractivity contribution in [2.45, 2.75) is 0 Å². The first-order valence-corrected chi connectivity index (χ1v) is 6.03. The minimum Gasteiger partial charge on any atom is -0.464 e. The van der Waals surface area contributed by atoms with Gasteiger partial charge < -0.3 is 10.5 Å². The van der Waals surface area contributed by atoms with Crippen molar-refractivity contribution in [3.8, 4) is 11.8 Å². The number of carbonyl (C=O) groups is 2. The van der Waals surface area contributed by atoms with Crippen LogP contribution in [0.2, 0.25) is 5.02 Å². The number of rotatable bonds is 3. The predicted octanol–water partition coefficient (Wildman–Crippen LogP) is 1.28. The number of aromatic nitrogens is 2. The van der Waals surface area contributed by atoms with Gasteiger partial charge in [-0.3, -0.25) is 9.36 Å². The number of imidazole rings is 1. The van der Waals surface area contributed by atoms with E-state index in [2.05, 4.69) is 9.72 Å². The first-order chi connectivity index (χ1) is 9.99. The fraction of sp³-hybridized carbons (Fsp3) is 0.0769. The largest absolute Gasteiger partial charge is 0.464 e. The molecule has 0 aliphatic rings. The summed E-state index contributed by atoms with van der Waals surface area (Å²) >= 11 is 5.96. The Balaban J connectivity index is 2.69. The number of carbonyl (C=O) groups excluding carboxylic acids is 2. The van der Waals surface area contributed by atoms with Gasteiger partial charge in [0.1, 0.15) is 6.07 Å². The van der Waals surface area contributed by atoms with Crippen molar-refractivity contribution < 1.29 is 14.3 Å². The van der Waals surface area contributed by atoms with Crippen molar-refractivity contribution in [2.24, 2.45) is 5.73 Å². The standard InChI is InChI=1S/C13H9ClN4O3/c1-21-13(20)10-6-17-12(11(16)19)18(10)8-3-2-7(5-15)9(14)4-8/h2-4,6H,1H3,(H2,16,19). The van der Waals surface area contributed by atoms with Crippen LogP contribution in [0, 0.1) is 11.3 Å². The monoisotopic (exact) mass is 304 g/mol. The van der Waals surface area contributed by atoms with Crippen LogP contribution in [0.25, 0.3) is 5.69 Å². The van der Waals surface area contributed by atoms with E-state index in [-0.39, 0.29) is 22.1 Å². The molecule has 0 saturated heterocycles. The minimum atomic E-state index is -0.814. The van der Waals surface area contributed by atoms with E-state index in [0.29, 0.717) is 5.69 Å². The fourth-order valence-electron chi connectivity index (χ4n) is 1.77. The summed E-state index contributed by atoms with van der Waals surface area (Å²) in [5.74, 6) is -1.64. The van der Waals surface area contributed by atoms with E-state index in [4.69, 9.17) is 22.6 Å². The molecule has 0 radical (unpaired) electrons. The molecule has 0 saturated carbocycles. The van der Waals surface area contributed by atoms with E-state index < -0.39 is 11.9 Å². The number of benzene rings is 1. The van der Waals surface area contributed by atoms with E-state index in [9.17, 15) is 9.59 Å². The zero-order valence-electron chi connectivity index (χ0n) is 10.8. The third-order valence-electron chi connectivity index (χ3n) is 2.71. The molecule has 0 bridgehead atoms. The molecule has 1 aromatic heterocycles. The molecule has 21 heavy (non-hydrogen) atoms. The third-order valence-corrected chi connectivity index (χ3v) is 3.02. The van der Waals surface area contributed by atoms with Gasteiger partial charge in [-0.15, -0.1) is 0 Å². The average Bonchev–Trinajstić information content (AvgIpc) is 2.91. The molecule has 2 rings (SSSR count). The van der Waals surface area contributed by atoms with E-state index in [1.54, 1.807) is 0 Å². The zero-order valence-corrected chi connectivity index (χ0v) is 11.6. The molecule has 0 atom stereocenters. The lowest BCUT2D eigenvalue weighted by Gasteiger charge is -2.10. The molecule has 0 spiro atoms. The second-order valence-corrected chi connectivity index (χ2v) is 4.34. The topological polar surface area (TPSA) is 111 Å². The SMILES string of the molecule is COC(=O)c1cnc(C(N)=O)n1-c1ccc(C#N)c(Cl)c1. The van der Waals surface area contributed by atoms with Gasteiger partial charge in [0.15, 0.2) is 5.69 Å². The molecular weight excluding hydrogens is 296 g/mol.